The Bertz CT molecular complexity index is 290. The zero-order valence-electron chi connectivity index (χ0n) is 24.9. The van der Waals surface area contributed by atoms with Gasteiger partial charge in [0.1, 0.15) is 0 Å². The van der Waals surface area contributed by atoms with Crippen LogP contribution in [0.2, 0.25) is 0 Å². The summed E-state index contributed by atoms with van der Waals surface area (Å²) in [6, 6.07) is 0. The van der Waals surface area contributed by atoms with Crippen molar-refractivity contribution in [3.8, 4) is 0 Å². The van der Waals surface area contributed by atoms with Crippen molar-refractivity contribution in [1.82, 2.24) is 0 Å². The van der Waals surface area contributed by atoms with E-state index in [4.69, 9.17) is 38.5 Å². The van der Waals surface area contributed by atoms with Crippen LogP contribution in [-0.2, 0) is 197 Å². The molecule has 0 spiro atoms. The Morgan fingerprint density at radius 2 is 0.327 bits per heavy atom. The Labute approximate surface area is 354 Å². The molecule has 0 aliphatic heterocycles. The van der Waals surface area contributed by atoms with Gasteiger partial charge in [0.2, 0.25) is 0 Å². The Morgan fingerprint density at radius 3 is 0.327 bits per heavy atom. The second kappa shape index (κ2) is 223. The molecule has 0 aromatic rings. The van der Waals surface area contributed by atoms with Crippen LogP contribution in [0.3, 0.4) is 0 Å². The van der Waals surface area contributed by atoms with Crippen LogP contribution in [0.25, 0.3) is 0 Å². The Hall–Kier alpha value is 2.66. The number of hydrogen-bond donors (Lipinski definition) is 6. The van der Waals surface area contributed by atoms with Crippen molar-refractivity contribution < 1.29 is 282 Å². The topological polar surface area (TPSA) is 892 Å². The summed E-state index contributed by atoms with van der Waals surface area (Å²) in [6.07, 6.45) is 3.50. The average molecular weight is 1210 g/mol. The predicted octanol–water partition coefficient (Wildman–Crippen LogP) is -17.2. The van der Waals surface area contributed by atoms with Gasteiger partial charge in [-0.2, -0.15) is 15.6 Å². The van der Waals surface area contributed by atoms with E-state index in [2.05, 4.69) is 34.4 Å². The molecule has 0 aliphatic rings. The monoisotopic (exact) mass is 1220 g/mol. The van der Waals surface area contributed by atoms with E-state index in [0.29, 0.717) is 0 Å². The van der Waals surface area contributed by atoms with Crippen LogP contribution in [-0.4, -0.2) is 61.2 Å². The van der Waals surface area contributed by atoms with E-state index in [1.165, 1.54) is 19.3 Å². The fourth-order valence-corrected chi connectivity index (χ4v) is 0.530. The molecule has 40 heteroatoms. The van der Waals surface area contributed by atoms with E-state index in [-0.39, 0.29) is 209 Å². The Kier molecular flexibility index (Phi) is 1180. The molecule has 0 unspecified atom stereocenters. The minimum atomic E-state index is -5.39. The van der Waals surface area contributed by atoms with E-state index in [1.54, 1.807) is 0 Å². The summed E-state index contributed by atoms with van der Waals surface area (Å²) in [4.78, 5) is 51.3. The van der Waals surface area contributed by atoms with Gasteiger partial charge < -0.3 is 177 Å². The fraction of sp³-hybridized carbons (Fsp3) is 1.00. The van der Waals surface area contributed by atoms with Gasteiger partial charge in [0, 0.05) is 125 Å². The van der Waals surface area contributed by atoms with Crippen molar-refractivity contribution in [1.29, 1.82) is 0 Å². The van der Waals surface area contributed by atoms with E-state index in [9.17, 15) is 0 Å². The molecule has 0 aromatic carbocycles. The summed E-state index contributed by atoms with van der Waals surface area (Å²) in [5.41, 5.74) is 21.8. The SMILES string of the molecule is O.O.O.O.O=P([O-])([O-])[O-].O=P([O-])([O-])[O-].[Mo].[Mo].[Mo].[Mo].[Mo].[NH3+]CCC[NH3+].[NH3+]CCC[NH3+].[NH3+]CCC[NH3+].[O-2].[O-2].[O-2].[O-2].[O-2].[O-2].[O-2].[O-2].[O-2].[O-2].[O-2].[O-2].[O-2].[O-2].[O-2]. The van der Waals surface area contributed by atoms with Gasteiger partial charge in [0.15, 0.2) is 0 Å². The summed E-state index contributed by atoms with van der Waals surface area (Å²) >= 11 is 0. The summed E-state index contributed by atoms with van der Waals surface area (Å²) in [6.45, 7) is 6.19. The summed E-state index contributed by atoms with van der Waals surface area (Å²) in [7, 11) is -10.8. The van der Waals surface area contributed by atoms with Gasteiger partial charge >= 0.3 is 0 Å². The zero-order valence-corrected chi connectivity index (χ0v) is 36.8. The molecule has 0 rings (SSSR count). The van der Waals surface area contributed by atoms with Crippen molar-refractivity contribution >= 4 is 15.6 Å². The molecule has 0 saturated heterocycles. The van der Waals surface area contributed by atoms with Gasteiger partial charge in [-0.05, 0) is 0 Å². The van der Waals surface area contributed by atoms with Gasteiger partial charge in [-0.15, -0.1) is 0 Å². The molecule has 33 nitrogen and oxygen atoms in total. The summed E-state index contributed by atoms with van der Waals surface area (Å²) < 4.78 is 17.1. The molecular weight excluding hydrogens is 1170 g/mol. The third-order valence-corrected chi connectivity index (χ3v) is 1.50. The Balaban J connectivity index is -0.00000000337. The van der Waals surface area contributed by atoms with Crippen molar-refractivity contribution in [2.45, 2.75) is 19.3 Å². The normalized spacial score (nSPS) is 4.98. The number of hydrogen-bond acceptors (Lipinski definition) is 8. The van der Waals surface area contributed by atoms with Crippen LogP contribution < -0.4 is 63.8 Å². The van der Waals surface area contributed by atoms with Crippen LogP contribution in [0, 0.1) is 0 Å². The van der Waals surface area contributed by atoms with Crippen LogP contribution in [0.5, 0.6) is 0 Å². The third-order valence-electron chi connectivity index (χ3n) is 1.50. The van der Waals surface area contributed by atoms with Gasteiger partial charge in [0.05, 0.1) is 39.3 Å². The van der Waals surface area contributed by atoms with Gasteiger partial charge in [-0.1, -0.05) is 0 Å². The van der Waals surface area contributed by atoms with Crippen molar-refractivity contribution in [2.75, 3.05) is 39.3 Å². The van der Waals surface area contributed by atoms with Gasteiger partial charge in [0.25, 0.3) is 0 Å². The van der Waals surface area contributed by atoms with Crippen molar-refractivity contribution in [2.24, 2.45) is 0 Å². The van der Waals surface area contributed by atoms with Crippen molar-refractivity contribution in [3.63, 3.8) is 0 Å². The first-order valence-electron chi connectivity index (χ1n) is 7.46. The van der Waals surface area contributed by atoms with Gasteiger partial charge in [-0.3, -0.25) is 0 Å². The molecule has 342 valence electrons. The maximum Gasteiger partial charge on any atom is 0.0794 e. The first-order chi connectivity index (χ1) is 11.2. The van der Waals surface area contributed by atoms with Crippen molar-refractivity contribution in [3.05, 3.63) is 0 Å². The standard InChI is InChI=1S/3C3H10N2.5Mo.2H3O4P.4H2O.15O/c3*4-2-1-3-5;;;;;;2*1-5(2,3)4;;;;;;;;;;;;;;;;;;;/h3*1-5H2;;;;;;2*(H3,1,2,3,4);4*1H2;;;;;;;;;;;;;;;/q;;;;;;;;;;;;;;15*-2. The van der Waals surface area contributed by atoms with E-state index in [0.717, 1.165) is 39.3 Å². The average Bonchev–Trinajstić information content (AvgIpc) is 2.39. The maximum absolute atomic E-state index is 8.55. The molecule has 26 N–H and O–H groups in total. The quantitative estimate of drug-likeness (QED) is 0.109. The van der Waals surface area contributed by atoms with Crippen LogP contribution in [0.4, 0.5) is 0 Å². The minimum absolute atomic E-state index is 0. The van der Waals surface area contributed by atoms with E-state index >= 15 is 0 Å². The van der Waals surface area contributed by atoms with E-state index in [1.807, 2.05) is 0 Å². The number of phosphoric acid groups is 2. The zero-order chi connectivity index (χ0) is 21.4. The molecule has 0 fully saturated rings. The molecule has 0 heterocycles. The maximum atomic E-state index is 8.55. The van der Waals surface area contributed by atoms with Crippen LogP contribution >= 0.6 is 15.6 Å². The fourth-order valence-electron chi connectivity index (χ4n) is 0.530. The minimum Gasteiger partial charge on any atom is -2.00 e. The molecule has 0 aliphatic carbocycles. The Morgan fingerprint density at radius 1 is 0.286 bits per heavy atom. The third kappa shape index (κ3) is 1600. The molecule has 0 amide bonds. The molecule has 0 atom stereocenters. The van der Waals surface area contributed by atoms with Crippen LogP contribution in [0.15, 0.2) is 0 Å². The van der Waals surface area contributed by atoms with Crippen LogP contribution in [0.1, 0.15) is 19.3 Å². The first-order valence-corrected chi connectivity index (χ1v) is 10.4. The molecule has 0 aromatic heterocycles. The summed E-state index contributed by atoms with van der Waals surface area (Å²) in [5, 5.41) is 0. The number of rotatable bonds is 6. The smallest absolute Gasteiger partial charge is 0.0794 e. The molecular formula is C9H44Mo5N6O27P2-30. The van der Waals surface area contributed by atoms with E-state index < -0.39 is 15.6 Å². The first kappa shape index (κ1) is 258. The largest absolute Gasteiger partial charge is 2.00 e. The van der Waals surface area contributed by atoms with Gasteiger partial charge in [-0.25, -0.2) is 0 Å². The summed E-state index contributed by atoms with van der Waals surface area (Å²) in [5.74, 6) is 0. The molecule has 0 bridgehead atoms. The second-order valence-electron chi connectivity index (χ2n) is 4.08. The predicted molar refractivity (Wildman–Crippen MR) is 100 cm³/mol. The molecule has 49 heavy (non-hydrogen) atoms. The number of quaternary nitrogens is 6. The molecule has 0 radical (unpaired) electrons. The second-order valence-corrected chi connectivity index (χ2v) is 5.87. The molecule has 0 saturated carbocycles.